The third-order valence-electron chi connectivity index (χ3n) is 2.50. The Labute approximate surface area is 104 Å². The molecule has 0 fully saturated rings. The van der Waals surface area contributed by atoms with Gasteiger partial charge in [0.25, 0.3) is 5.56 Å². The van der Waals surface area contributed by atoms with Crippen LogP contribution in [0.4, 0.5) is 11.5 Å². The summed E-state index contributed by atoms with van der Waals surface area (Å²) in [5.41, 5.74) is 5.28. The molecule has 0 saturated heterocycles. The monoisotopic (exact) mass is 254 g/mol. The van der Waals surface area contributed by atoms with E-state index in [4.69, 9.17) is 10.8 Å². The number of aliphatic carboxylic acids is 1. The molecule has 0 radical (unpaired) electrons. The summed E-state index contributed by atoms with van der Waals surface area (Å²) in [6.45, 7) is 0.660. The molecular formula is C11H18N4O3. The lowest BCUT2D eigenvalue weighted by Crippen LogP contribution is -2.16. The van der Waals surface area contributed by atoms with Crippen molar-refractivity contribution in [1.82, 2.24) is 9.97 Å². The number of aromatic amines is 1. The lowest BCUT2D eigenvalue weighted by Gasteiger charge is -2.06. The number of nitrogens with zero attached hydrogens (tertiary/aromatic N) is 1. The second-order valence-electron chi connectivity index (χ2n) is 3.98. The van der Waals surface area contributed by atoms with Crippen LogP contribution < -0.4 is 16.6 Å². The van der Waals surface area contributed by atoms with Crippen LogP contribution in [-0.2, 0) is 4.79 Å². The summed E-state index contributed by atoms with van der Waals surface area (Å²) in [7, 11) is 0. The van der Waals surface area contributed by atoms with Gasteiger partial charge in [0.2, 0.25) is 0 Å². The van der Waals surface area contributed by atoms with Crippen LogP contribution in [0.2, 0.25) is 0 Å². The van der Waals surface area contributed by atoms with E-state index in [1.165, 1.54) is 6.33 Å². The molecule has 0 aliphatic heterocycles. The summed E-state index contributed by atoms with van der Waals surface area (Å²) in [5, 5.41) is 11.4. The molecule has 0 unspecified atom stereocenters. The van der Waals surface area contributed by atoms with Gasteiger partial charge in [0, 0.05) is 13.0 Å². The standard InChI is InChI=1S/C11H18N4O3/c12-9-10(14-7-15-11(9)18)13-6-4-2-1-3-5-8(16)17/h7H,1-6,12H2,(H,16,17)(H2,13,14,15,18). The van der Waals surface area contributed by atoms with Gasteiger partial charge in [-0.15, -0.1) is 0 Å². The Morgan fingerprint density at radius 3 is 2.83 bits per heavy atom. The van der Waals surface area contributed by atoms with Crippen LogP contribution in [0.5, 0.6) is 0 Å². The maximum absolute atomic E-state index is 11.2. The van der Waals surface area contributed by atoms with Gasteiger partial charge in [-0.2, -0.15) is 0 Å². The highest BCUT2D eigenvalue weighted by atomic mass is 16.4. The molecule has 0 aromatic carbocycles. The Kier molecular flexibility index (Phi) is 5.69. The quantitative estimate of drug-likeness (QED) is 0.509. The van der Waals surface area contributed by atoms with E-state index in [2.05, 4.69) is 15.3 Å². The van der Waals surface area contributed by atoms with Gasteiger partial charge in [-0.05, 0) is 12.8 Å². The number of hydrogen-bond donors (Lipinski definition) is 4. The summed E-state index contributed by atoms with van der Waals surface area (Å²) in [4.78, 5) is 27.7. The third-order valence-corrected chi connectivity index (χ3v) is 2.50. The number of nitrogens with one attached hydrogen (secondary N) is 2. The second-order valence-corrected chi connectivity index (χ2v) is 3.98. The number of carboxylic acid groups (broad SMARTS) is 1. The molecule has 7 heteroatoms. The highest BCUT2D eigenvalue weighted by Gasteiger charge is 2.02. The average Bonchev–Trinajstić information content (AvgIpc) is 2.32. The zero-order chi connectivity index (χ0) is 13.4. The molecule has 0 aliphatic carbocycles. The number of anilines is 2. The fourth-order valence-corrected chi connectivity index (χ4v) is 1.51. The second kappa shape index (κ2) is 7.31. The first-order valence-electron chi connectivity index (χ1n) is 5.90. The molecule has 18 heavy (non-hydrogen) atoms. The van der Waals surface area contributed by atoms with Crippen molar-refractivity contribution in [3.05, 3.63) is 16.7 Å². The molecule has 1 aromatic heterocycles. The topological polar surface area (TPSA) is 121 Å². The fraction of sp³-hybridized carbons (Fsp3) is 0.545. The van der Waals surface area contributed by atoms with Crippen molar-refractivity contribution in [2.24, 2.45) is 0 Å². The molecule has 7 nitrogen and oxygen atoms in total. The van der Waals surface area contributed by atoms with Gasteiger partial charge >= 0.3 is 5.97 Å². The highest BCUT2D eigenvalue weighted by molar-refractivity contribution is 5.66. The Morgan fingerprint density at radius 2 is 2.11 bits per heavy atom. The molecule has 1 aromatic rings. The van der Waals surface area contributed by atoms with E-state index in [-0.39, 0.29) is 17.7 Å². The molecule has 0 aliphatic rings. The first-order chi connectivity index (χ1) is 8.61. The number of rotatable bonds is 8. The molecule has 1 rings (SSSR count). The Hall–Kier alpha value is -2.05. The fourth-order valence-electron chi connectivity index (χ4n) is 1.51. The van der Waals surface area contributed by atoms with Crippen LogP contribution in [-0.4, -0.2) is 27.6 Å². The van der Waals surface area contributed by atoms with Gasteiger partial charge in [-0.25, -0.2) is 4.98 Å². The Morgan fingerprint density at radius 1 is 1.39 bits per heavy atom. The largest absolute Gasteiger partial charge is 0.481 e. The molecule has 0 saturated carbocycles. The predicted octanol–water partition coefficient (Wildman–Crippen LogP) is 0.799. The van der Waals surface area contributed by atoms with Crippen LogP contribution in [0.3, 0.4) is 0 Å². The van der Waals surface area contributed by atoms with E-state index in [1.54, 1.807) is 0 Å². The zero-order valence-electron chi connectivity index (χ0n) is 10.1. The summed E-state index contributed by atoms with van der Waals surface area (Å²) < 4.78 is 0. The summed E-state index contributed by atoms with van der Waals surface area (Å²) in [6, 6.07) is 0. The maximum Gasteiger partial charge on any atom is 0.303 e. The van der Waals surface area contributed by atoms with Crippen molar-refractivity contribution in [1.29, 1.82) is 0 Å². The van der Waals surface area contributed by atoms with Crippen molar-refractivity contribution in [3.63, 3.8) is 0 Å². The van der Waals surface area contributed by atoms with E-state index in [0.29, 0.717) is 18.8 Å². The van der Waals surface area contributed by atoms with E-state index in [1.807, 2.05) is 0 Å². The van der Waals surface area contributed by atoms with Crippen LogP contribution in [0, 0.1) is 0 Å². The molecule has 0 bridgehead atoms. The van der Waals surface area contributed by atoms with Gasteiger partial charge in [-0.1, -0.05) is 12.8 Å². The molecule has 0 atom stereocenters. The summed E-state index contributed by atoms with van der Waals surface area (Å²) >= 11 is 0. The van der Waals surface area contributed by atoms with Crippen molar-refractivity contribution >= 4 is 17.5 Å². The summed E-state index contributed by atoms with van der Waals surface area (Å²) in [5.74, 6) is -0.363. The predicted molar refractivity (Wildman–Crippen MR) is 68.5 cm³/mol. The minimum atomic E-state index is -0.756. The van der Waals surface area contributed by atoms with Crippen molar-refractivity contribution in [2.45, 2.75) is 32.1 Å². The van der Waals surface area contributed by atoms with Crippen LogP contribution in [0.25, 0.3) is 0 Å². The smallest absolute Gasteiger partial charge is 0.303 e. The van der Waals surface area contributed by atoms with E-state index >= 15 is 0 Å². The van der Waals surface area contributed by atoms with E-state index in [9.17, 15) is 9.59 Å². The number of hydrogen-bond acceptors (Lipinski definition) is 5. The van der Waals surface area contributed by atoms with Crippen LogP contribution in [0.1, 0.15) is 32.1 Å². The molecule has 5 N–H and O–H groups in total. The number of unbranched alkanes of at least 4 members (excludes halogenated alkanes) is 3. The SMILES string of the molecule is Nc1c(NCCCCCCC(=O)O)nc[nH]c1=O. The normalized spacial score (nSPS) is 10.2. The van der Waals surface area contributed by atoms with Crippen LogP contribution in [0.15, 0.2) is 11.1 Å². The number of aromatic nitrogens is 2. The number of carbonyl (C=O) groups is 1. The third kappa shape index (κ3) is 4.86. The zero-order valence-corrected chi connectivity index (χ0v) is 10.1. The van der Waals surface area contributed by atoms with Gasteiger partial charge in [0.15, 0.2) is 5.82 Å². The Bertz CT molecular complexity index is 444. The first-order valence-corrected chi connectivity index (χ1v) is 5.90. The lowest BCUT2D eigenvalue weighted by molar-refractivity contribution is -0.137. The van der Waals surface area contributed by atoms with Crippen molar-refractivity contribution in [2.75, 3.05) is 17.6 Å². The average molecular weight is 254 g/mol. The van der Waals surface area contributed by atoms with E-state index in [0.717, 1.165) is 19.3 Å². The van der Waals surface area contributed by atoms with Crippen molar-refractivity contribution < 1.29 is 9.90 Å². The van der Waals surface area contributed by atoms with E-state index < -0.39 is 5.97 Å². The van der Waals surface area contributed by atoms with Crippen molar-refractivity contribution in [3.8, 4) is 0 Å². The number of nitrogens with two attached hydrogens (primary N) is 1. The highest BCUT2D eigenvalue weighted by Crippen LogP contribution is 2.08. The van der Waals surface area contributed by atoms with Gasteiger partial charge < -0.3 is 21.1 Å². The Balaban J connectivity index is 2.16. The molecule has 1 heterocycles. The van der Waals surface area contributed by atoms with Crippen LogP contribution >= 0.6 is 0 Å². The summed E-state index contributed by atoms with van der Waals surface area (Å²) in [6.07, 6.45) is 4.91. The first kappa shape index (κ1) is 14.0. The van der Waals surface area contributed by atoms with Gasteiger partial charge in [0.05, 0.1) is 6.33 Å². The maximum atomic E-state index is 11.2. The minimum absolute atomic E-state index is 0.0865. The number of carboxylic acids is 1. The number of nitrogen functional groups attached to an aromatic ring is 1. The molecule has 100 valence electrons. The van der Waals surface area contributed by atoms with Gasteiger partial charge in [0.1, 0.15) is 5.69 Å². The lowest BCUT2D eigenvalue weighted by atomic mass is 10.1. The molecular weight excluding hydrogens is 236 g/mol. The molecule has 0 amide bonds. The van der Waals surface area contributed by atoms with Gasteiger partial charge in [-0.3, -0.25) is 9.59 Å². The number of H-pyrrole nitrogens is 1. The molecule has 0 spiro atoms. The minimum Gasteiger partial charge on any atom is -0.481 e.